The molecule has 1 atom stereocenters. The van der Waals surface area contributed by atoms with Crippen molar-refractivity contribution >= 4 is 33.2 Å². The van der Waals surface area contributed by atoms with Crippen molar-refractivity contribution in [2.24, 2.45) is 5.92 Å². The lowest BCUT2D eigenvalue weighted by Gasteiger charge is -2.13. The zero-order valence-corrected chi connectivity index (χ0v) is 18.0. The SMILES string of the molecule is O=S1(=O)CCC(Cc2nnc(SCc3nnnn3-c3ccc(Cl)cc3C(F)(F)F)o2)C1. The topological polar surface area (TPSA) is 117 Å². The Morgan fingerprint density at radius 3 is 2.77 bits per heavy atom. The molecule has 0 radical (unpaired) electrons. The van der Waals surface area contributed by atoms with Gasteiger partial charge in [0.2, 0.25) is 5.89 Å². The second-order valence-corrected chi connectivity index (χ2v) is 10.5. The highest BCUT2D eigenvalue weighted by Crippen LogP contribution is 2.36. The largest absolute Gasteiger partial charge is 0.418 e. The van der Waals surface area contributed by atoms with Gasteiger partial charge in [0, 0.05) is 11.4 Å². The number of rotatable bonds is 6. The fourth-order valence-electron chi connectivity index (χ4n) is 3.19. The zero-order chi connectivity index (χ0) is 22.2. The Morgan fingerprint density at radius 1 is 1.26 bits per heavy atom. The molecule has 2 aromatic heterocycles. The highest BCUT2D eigenvalue weighted by Gasteiger charge is 2.35. The van der Waals surface area contributed by atoms with Gasteiger partial charge in [-0.1, -0.05) is 23.4 Å². The molecule has 0 saturated carbocycles. The van der Waals surface area contributed by atoms with Crippen LogP contribution in [0.4, 0.5) is 13.2 Å². The summed E-state index contributed by atoms with van der Waals surface area (Å²) in [6.45, 7) is 0. The van der Waals surface area contributed by atoms with Gasteiger partial charge in [-0.3, -0.25) is 0 Å². The summed E-state index contributed by atoms with van der Waals surface area (Å²) in [6.07, 6.45) is -3.75. The van der Waals surface area contributed by atoms with Crippen molar-refractivity contribution in [3.05, 3.63) is 40.5 Å². The number of sulfone groups is 1. The van der Waals surface area contributed by atoms with Gasteiger partial charge < -0.3 is 4.42 Å². The Bertz CT molecular complexity index is 1200. The first-order valence-electron chi connectivity index (χ1n) is 8.91. The van der Waals surface area contributed by atoms with Crippen molar-refractivity contribution in [3.63, 3.8) is 0 Å². The van der Waals surface area contributed by atoms with Gasteiger partial charge in [0.05, 0.1) is 28.5 Å². The molecule has 1 unspecified atom stereocenters. The molecule has 31 heavy (non-hydrogen) atoms. The Balaban J connectivity index is 1.47. The van der Waals surface area contributed by atoms with E-state index in [1.807, 2.05) is 0 Å². The number of aromatic nitrogens is 6. The molecule has 0 bridgehead atoms. The molecule has 1 aliphatic heterocycles. The molecule has 166 valence electrons. The van der Waals surface area contributed by atoms with Gasteiger partial charge in [0.15, 0.2) is 15.7 Å². The van der Waals surface area contributed by atoms with E-state index in [9.17, 15) is 21.6 Å². The molecule has 3 heterocycles. The van der Waals surface area contributed by atoms with Gasteiger partial charge in [-0.25, -0.2) is 8.42 Å². The Morgan fingerprint density at radius 2 is 2.06 bits per heavy atom. The molecule has 9 nitrogen and oxygen atoms in total. The number of benzene rings is 1. The van der Waals surface area contributed by atoms with E-state index in [-0.39, 0.29) is 44.9 Å². The Kier molecular flexibility index (Phi) is 5.96. The predicted octanol–water partition coefficient (Wildman–Crippen LogP) is 2.99. The second kappa shape index (κ2) is 8.39. The number of hydrogen-bond donors (Lipinski definition) is 0. The van der Waals surface area contributed by atoms with Crippen LogP contribution in [0.25, 0.3) is 5.69 Å². The second-order valence-electron chi connectivity index (χ2n) is 6.89. The van der Waals surface area contributed by atoms with Crippen LogP contribution in [0.3, 0.4) is 0 Å². The summed E-state index contributed by atoms with van der Waals surface area (Å²) >= 11 is 6.77. The summed E-state index contributed by atoms with van der Waals surface area (Å²) in [5.41, 5.74) is -1.23. The van der Waals surface area contributed by atoms with Crippen molar-refractivity contribution in [3.8, 4) is 5.69 Å². The lowest BCUT2D eigenvalue weighted by Crippen LogP contribution is -2.13. The van der Waals surface area contributed by atoms with E-state index in [0.29, 0.717) is 18.7 Å². The van der Waals surface area contributed by atoms with Gasteiger partial charge >= 0.3 is 6.18 Å². The summed E-state index contributed by atoms with van der Waals surface area (Å²) in [5, 5.41) is 18.8. The fourth-order valence-corrected chi connectivity index (χ4v) is 5.91. The van der Waals surface area contributed by atoms with E-state index in [2.05, 4.69) is 25.7 Å². The van der Waals surface area contributed by atoms with Gasteiger partial charge in [0.1, 0.15) is 0 Å². The van der Waals surface area contributed by atoms with Crippen molar-refractivity contribution in [1.29, 1.82) is 0 Å². The summed E-state index contributed by atoms with van der Waals surface area (Å²) in [4.78, 5) is 0. The van der Waals surface area contributed by atoms with Crippen LogP contribution < -0.4 is 0 Å². The smallest absolute Gasteiger partial charge is 0.416 e. The van der Waals surface area contributed by atoms with Crippen LogP contribution in [-0.2, 0) is 28.2 Å². The quantitative estimate of drug-likeness (QED) is 0.476. The van der Waals surface area contributed by atoms with Crippen LogP contribution in [-0.4, -0.2) is 50.3 Å². The Labute approximate surface area is 183 Å². The molecule has 1 aliphatic rings. The number of tetrazole rings is 1. The van der Waals surface area contributed by atoms with Crippen LogP contribution >= 0.6 is 23.4 Å². The highest BCUT2D eigenvalue weighted by atomic mass is 35.5. The average Bonchev–Trinajstić information content (AvgIpc) is 3.40. The number of thioether (sulfide) groups is 1. The first-order valence-corrected chi connectivity index (χ1v) is 12.1. The van der Waals surface area contributed by atoms with Crippen LogP contribution in [0.1, 0.15) is 23.7 Å². The maximum Gasteiger partial charge on any atom is 0.418 e. The van der Waals surface area contributed by atoms with E-state index < -0.39 is 21.6 Å². The normalized spacial score (nSPS) is 18.5. The molecule has 0 aliphatic carbocycles. The first-order chi connectivity index (χ1) is 14.6. The van der Waals surface area contributed by atoms with Crippen LogP contribution in [0, 0.1) is 5.92 Å². The monoisotopic (exact) mass is 494 g/mol. The van der Waals surface area contributed by atoms with Crippen molar-refractivity contribution in [2.45, 2.75) is 30.0 Å². The molecule has 0 amide bonds. The number of nitrogens with zero attached hydrogens (tertiary/aromatic N) is 6. The summed E-state index contributed by atoms with van der Waals surface area (Å²) in [7, 11) is -3.00. The highest BCUT2D eigenvalue weighted by molar-refractivity contribution is 7.98. The van der Waals surface area contributed by atoms with E-state index in [4.69, 9.17) is 16.0 Å². The van der Waals surface area contributed by atoms with Gasteiger partial charge in [-0.15, -0.1) is 15.3 Å². The third-order valence-corrected chi connectivity index (χ3v) is 7.48. The van der Waals surface area contributed by atoms with Crippen molar-refractivity contribution < 1.29 is 26.0 Å². The molecule has 15 heteroatoms. The Hall–Kier alpha value is -2.19. The lowest BCUT2D eigenvalue weighted by atomic mass is 10.1. The summed E-state index contributed by atoms with van der Waals surface area (Å²) < 4.78 is 69.8. The van der Waals surface area contributed by atoms with E-state index in [1.165, 1.54) is 12.1 Å². The maximum atomic E-state index is 13.4. The molecule has 1 aromatic carbocycles. The predicted molar refractivity (Wildman–Crippen MR) is 103 cm³/mol. The van der Waals surface area contributed by atoms with Crippen LogP contribution in [0.2, 0.25) is 5.02 Å². The summed E-state index contributed by atoms with van der Waals surface area (Å²) in [5.74, 6) is 0.685. The number of alkyl halides is 3. The fraction of sp³-hybridized carbons (Fsp3) is 0.438. The molecule has 0 N–H and O–H groups in total. The molecular weight excluding hydrogens is 481 g/mol. The van der Waals surface area contributed by atoms with Gasteiger partial charge in [0.25, 0.3) is 5.22 Å². The van der Waals surface area contributed by atoms with Crippen LogP contribution in [0.5, 0.6) is 0 Å². The zero-order valence-electron chi connectivity index (χ0n) is 15.6. The lowest BCUT2D eigenvalue weighted by molar-refractivity contribution is -0.137. The average molecular weight is 495 g/mol. The third-order valence-electron chi connectivity index (χ3n) is 4.59. The molecule has 1 fully saturated rings. The summed E-state index contributed by atoms with van der Waals surface area (Å²) in [6, 6.07) is 3.32. The minimum atomic E-state index is -4.65. The third kappa shape index (κ3) is 5.18. The molecule has 0 spiro atoms. The minimum absolute atomic E-state index is 0.0615. The van der Waals surface area contributed by atoms with Gasteiger partial charge in [-0.2, -0.15) is 17.9 Å². The maximum absolute atomic E-state index is 13.4. The number of hydrogen-bond acceptors (Lipinski definition) is 9. The standard InChI is InChI=1S/C16H14ClF3N6O3S2/c17-10-1-2-12(11(6-10)16(18,19)20)26-13(21-24-25-26)7-30-15-23-22-14(29-15)5-9-3-4-31(27,28)8-9/h1-2,6,9H,3-5,7-8H2. The van der Waals surface area contributed by atoms with Crippen molar-refractivity contribution in [1.82, 2.24) is 30.4 Å². The van der Waals surface area contributed by atoms with Gasteiger partial charge in [-0.05, 0) is 41.0 Å². The van der Waals surface area contributed by atoms with E-state index in [0.717, 1.165) is 22.5 Å². The van der Waals surface area contributed by atoms with Crippen LogP contribution in [0.15, 0.2) is 27.8 Å². The molecular formula is C16H14ClF3N6O3S2. The molecule has 1 saturated heterocycles. The first kappa shape index (κ1) is 22.0. The molecule has 4 rings (SSSR count). The van der Waals surface area contributed by atoms with Crippen molar-refractivity contribution in [2.75, 3.05) is 11.5 Å². The minimum Gasteiger partial charge on any atom is -0.416 e. The molecule has 3 aromatic rings. The van der Waals surface area contributed by atoms with E-state index in [1.54, 1.807) is 0 Å². The van der Waals surface area contributed by atoms with E-state index >= 15 is 0 Å². The number of halogens is 4.